The topological polar surface area (TPSA) is 98.9 Å². The number of rotatable bonds is 5. The molecule has 1 saturated heterocycles. The number of benzene rings is 2. The number of fused-ring (bicyclic) bond motifs is 2. The monoisotopic (exact) mass is 410 g/mol. The number of H-pyrrole nitrogens is 1. The lowest BCUT2D eigenvalue weighted by molar-refractivity contribution is 0.0905. The highest BCUT2D eigenvalue weighted by Crippen LogP contribution is 2.37. The number of β-amino-alcohol motifs (C(OH)–C–C–N with tert-alkyl or cyclic N) is 2. The fourth-order valence-electron chi connectivity index (χ4n) is 4.00. The molecule has 0 unspecified atom stereocenters. The largest absolute Gasteiger partial charge is 0.455 e. The van der Waals surface area contributed by atoms with Crippen LogP contribution in [0.4, 0.5) is 4.39 Å². The van der Waals surface area contributed by atoms with Gasteiger partial charge in [-0.2, -0.15) is 0 Å². The SMILES string of the molecule is O=c1[nH]c2ccc([C@@H](O)CN3CC4=CC(Oc5ccccc5F)=C[C@@]4(O)C3)cc2o1. The van der Waals surface area contributed by atoms with E-state index >= 15 is 0 Å². The van der Waals surface area contributed by atoms with Gasteiger partial charge in [-0.05, 0) is 47.6 Å². The number of halogens is 1. The molecule has 30 heavy (non-hydrogen) atoms. The van der Waals surface area contributed by atoms with Crippen LogP contribution in [0, 0.1) is 5.82 Å². The van der Waals surface area contributed by atoms with Crippen LogP contribution in [0.25, 0.3) is 11.1 Å². The van der Waals surface area contributed by atoms with Crippen LogP contribution in [0.2, 0.25) is 0 Å². The van der Waals surface area contributed by atoms with Crippen molar-refractivity contribution in [1.82, 2.24) is 9.88 Å². The molecular weight excluding hydrogens is 391 g/mol. The molecule has 5 rings (SSSR count). The van der Waals surface area contributed by atoms with Crippen LogP contribution in [0.5, 0.6) is 5.75 Å². The van der Waals surface area contributed by atoms with Crippen molar-refractivity contribution in [2.75, 3.05) is 19.6 Å². The van der Waals surface area contributed by atoms with Gasteiger partial charge in [0.15, 0.2) is 17.1 Å². The molecule has 1 aromatic heterocycles. The minimum absolute atomic E-state index is 0.100. The molecule has 2 heterocycles. The van der Waals surface area contributed by atoms with Crippen molar-refractivity contribution in [3.63, 3.8) is 0 Å². The number of hydrogen-bond donors (Lipinski definition) is 3. The van der Waals surface area contributed by atoms with E-state index in [2.05, 4.69) is 4.98 Å². The summed E-state index contributed by atoms with van der Waals surface area (Å²) in [6, 6.07) is 11.1. The van der Waals surface area contributed by atoms with Gasteiger partial charge in [0.25, 0.3) is 0 Å². The van der Waals surface area contributed by atoms with Crippen molar-refractivity contribution in [3.05, 3.63) is 87.9 Å². The quantitative estimate of drug-likeness (QED) is 0.597. The molecule has 0 saturated carbocycles. The van der Waals surface area contributed by atoms with Crippen molar-refractivity contribution in [1.29, 1.82) is 0 Å². The van der Waals surface area contributed by atoms with Gasteiger partial charge in [-0.15, -0.1) is 0 Å². The average molecular weight is 410 g/mol. The van der Waals surface area contributed by atoms with Crippen LogP contribution in [-0.4, -0.2) is 45.3 Å². The summed E-state index contributed by atoms with van der Waals surface area (Å²) < 4.78 is 24.4. The molecule has 2 aliphatic rings. The molecule has 1 aliphatic heterocycles. The second-order valence-electron chi connectivity index (χ2n) is 7.63. The Hall–Kier alpha value is -3.20. The third kappa shape index (κ3) is 3.35. The van der Waals surface area contributed by atoms with E-state index in [0.29, 0.717) is 29.0 Å². The van der Waals surface area contributed by atoms with Gasteiger partial charge in [0.05, 0.1) is 11.6 Å². The summed E-state index contributed by atoms with van der Waals surface area (Å²) in [7, 11) is 0. The summed E-state index contributed by atoms with van der Waals surface area (Å²) in [5.74, 6) is -0.520. The molecule has 7 nitrogen and oxygen atoms in total. The first-order valence-corrected chi connectivity index (χ1v) is 9.51. The summed E-state index contributed by atoms with van der Waals surface area (Å²) >= 11 is 0. The smallest absolute Gasteiger partial charge is 0.417 e. The molecule has 8 heteroatoms. The third-order valence-corrected chi connectivity index (χ3v) is 5.44. The summed E-state index contributed by atoms with van der Waals surface area (Å²) in [5.41, 5.74) is 1.08. The highest BCUT2D eigenvalue weighted by Gasteiger charge is 2.43. The van der Waals surface area contributed by atoms with Crippen molar-refractivity contribution in [3.8, 4) is 5.75 Å². The minimum atomic E-state index is -1.21. The predicted molar refractivity (Wildman–Crippen MR) is 106 cm³/mol. The van der Waals surface area contributed by atoms with Gasteiger partial charge in [0, 0.05) is 19.6 Å². The minimum Gasteiger partial charge on any atom is -0.455 e. The summed E-state index contributed by atoms with van der Waals surface area (Å²) in [6.07, 6.45) is 2.46. The Morgan fingerprint density at radius 1 is 1.30 bits per heavy atom. The molecule has 3 aromatic rings. The van der Waals surface area contributed by atoms with E-state index < -0.39 is 23.3 Å². The van der Waals surface area contributed by atoms with Gasteiger partial charge in [-0.1, -0.05) is 18.2 Å². The summed E-state index contributed by atoms with van der Waals surface area (Å²) in [4.78, 5) is 15.8. The number of likely N-dealkylation sites (tertiary alicyclic amines) is 1. The zero-order valence-electron chi connectivity index (χ0n) is 15.8. The number of hydrogen-bond acceptors (Lipinski definition) is 6. The highest BCUT2D eigenvalue weighted by atomic mass is 19.1. The van der Waals surface area contributed by atoms with Gasteiger partial charge in [-0.3, -0.25) is 9.88 Å². The molecule has 1 fully saturated rings. The number of aliphatic hydroxyl groups is 2. The lowest BCUT2D eigenvalue weighted by Gasteiger charge is -2.22. The number of aromatic nitrogens is 1. The fourth-order valence-corrected chi connectivity index (χ4v) is 4.00. The van der Waals surface area contributed by atoms with Crippen molar-refractivity contribution in [2.45, 2.75) is 11.7 Å². The molecule has 3 N–H and O–H groups in total. The zero-order chi connectivity index (χ0) is 20.9. The number of oxazole rings is 1. The van der Waals surface area contributed by atoms with Crippen molar-refractivity contribution in [2.24, 2.45) is 0 Å². The van der Waals surface area contributed by atoms with E-state index in [1.54, 1.807) is 42.5 Å². The molecule has 2 atom stereocenters. The first kappa shape index (κ1) is 18.8. The Morgan fingerprint density at radius 2 is 2.13 bits per heavy atom. The van der Waals surface area contributed by atoms with E-state index in [-0.39, 0.29) is 18.8 Å². The van der Waals surface area contributed by atoms with Gasteiger partial charge in [0.1, 0.15) is 11.4 Å². The number of para-hydroxylation sites is 1. The lowest BCUT2D eigenvalue weighted by Crippen LogP contribution is -2.33. The second-order valence-corrected chi connectivity index (χ2v) is 7.63. The fraction of sp³-hybridized carbons (Fsp3) is 0.227. The van der Waals surface area contributed by atoms with Crippen LogP contribution in [0.3, 0.4) is 0 Å². The van der Waals surface area contributed by atoms with E-state index in [9.17, 15) is 19.4 Å². The first-order valence-electron chi connectivity index (χ1n) is 9.51. The maximum Gasteiger partial charge on any atom is 0.417 e. The highest BCUT2D eigenvalue weighted by molar-refractivity contribution is 5.72. The molecular formula is C22H19FN2O5. The first-order chi connectivity index (χ1) is 14.4. The van der Waals surface area contributed by atoms with Crippen molar-refractivity contribution >= 4 is 11.1 Å². The number of aliphatic hydroxyl groups excluding tert-OH is 1. The number of nitrogens with one attached hydrogen (secondary N) is 1. The molecule has 0 radical (unpaired) electrons. The Labute approximate surface area is 170 Å². The molecule has 0 spiro atoms. The number of allylic oxidation sites excluding steroid dienone is 1. The number of ether oxygens (including phenoxy) is 1. The van der Waals surface area contributed by atoms with E-state index in [1.807, 2.05) is 4.90 Å². The summed E-state index contributed by atoms with van der Waals surface area (Å²) in [6.45, 7) is 1.01. The zero-order valence-corrected chi connectivity index (χ0v) is 15.8. The Kier molecular flexibility index (Phi) is 4.35. The number of aromatic amines is 1. The number of nitrogens with zero attached hydrogens (tertiary/aromatic N) is 1. The maximum absolute atomic E-state index is 13.8. The van der Waals surface area contributed by atoms with Crippen LogP contribution in [0.1, 0.15) is 11.7 Å². The van der Waals surface area contributed by atoms with E-state index in [1.165, 1.54) is 12.1 Å². The van der Waals surface area contributed by atoms with Gasteiger partial charge >= 0.3 is 5.76 Å². The normalized spacial score (nSPS) is 22.1. The van der Waals surface area contributed by atoms with E-state index in [0.717, 1.165) is 5.57 Å². The van der Waals surface area contributed by atoms with Gasteiger partial charge in [0.2, 0.25) is 0 Å². The molecule has 154 valence electrons. The standard InChI is InChI=1S/C22H19FN2O5/c23-16-3-1-2-4-19(16)29-15-8-14-10-25(12-22(14,28)9-15)11-18(26)13-5-6-17-20(7-13)30-21(27)24-17/h1-9,18,26,28H,10-12H2,(H,24,27)/t18-,22+/m0/s1. The van der Waals surface area contributed by atoms with Gasteiger partial charge < -0.3 is 19.4 Å². The van der Waals surface area contributed by atoms with Crippen LogP contribution in [-0.2, 0) is 0 Å². The molecule has 0 bridgehead atoms. The summed E-state index contributed by atoms with van der Waals surface area (Å²) in [5, 5.41) is 21.6. The second kappa shape index (κ2) is 6.94. The van der Waals surface area contributed by atoms with Crippen molar-refractivity contribution < 1.29 is 23.8 Å². The Morgan fingerprint density at radius 3 is 2.93 bits per heavy atom. The molecule has 0 amide bonds. The Bertz CT molecular complexity index is 1240. The van der Waals surface area contributed by atoms with E-state index in [4.69, 9.17) is 9.15 Å². The van der Waals surface area contributed by atoms with Gasteiger partial charge in [-0.25, -0.2) is 9.18 Å². The van der Waals surface area contributed by atoms with Crippen LogP contribution in [0.15, 0.2) is 75.2 Å². The lowest BCUT2D eigenvalue weighted by atomic mass is 10.0. The third-order valence-electron chi connectivity index (χ3n) is 5.44. The molecule has 2 aromatic carbocycles. The van der Waals surface area contributed by atoms with Crippen LogP contribution < -0.4 is 10.5 Å². The van der Waals surface area contributed by atoms with Crippen LogP contribution >= 0.6 is 0 Å². The predicted octanol–water partition coefficient (Wildman–Crippen LogP) is 2.24. The molecule has 1 aliphatic carbocycles. The Balaban J connectivity index is 1.27. The average Bonchev–Trinajstić information content (AvgIpc) is 3.30. The maximum atomic E-state index is 13.8.